The van der Waals surface area contributed by atoms with Crippen molar-refractivity contribution in [1.29, 1.82) is 0 Å². The molecule has 28 heavy (non-hydrogen) atoms. The van der Waals surface area contributed by atoms with Gasteiger partial charge in [0.2, 0.25) is 5.91 Å². The largest absolute Gasteiger partial charge is 0.353 e. The first-order valence-corrected chi connectivity index (χ1v) is 10.5. The van der Waals surface area contributed by atoms with Crippen LogP contribution in [0.5, 0.6) is 0 Å². The first kappa shape index (κ1) is 20.1. The second-order valence-electron chi connectivity index (χ2n) is 6.74. The minimum absolute atomic E-state index is 0.0742. The summed E-state index contributed by atoms with van der Waals surface area (Å²) in [6, 6.07) is 17.9. The summed E-state index contributed by atoms with van der Waals surface area (Å²) in [5.74, 6) is 0.0999. The molecular weight excluding hydrogens is 370 g/mol. The summed E-state index contributed by atoms with van der Waals surface area (Å²) in [7, 11) is 0. The van der Waals surface area contributed by atoms with Gasteiger partial charge in [-0.1, -0.05) is 54.2 Å². The highest BCUT2D eigenvalue weighted by Crippen LogP contribution is 2.16. The molecule has 1 N–H and O–H groups in total. The number of nitrogens with one attached hydrogen (secondary N) is 1. The Morgan fingerprint density at radius 1 is 1.14 bits per heavy atom. The summed E-state index contributed by atoms with van der Waals surface area (Å²) in [5.41, 5.74) is 2.70. The monoisotopic (exact) mass is 395 g/mol. The number of rotatable bonds is 8. The standard InChI is InChI=1S/C22H25N3O2S/c1-3-25-19-12-8-7-11-18(19)24-21(22(25)27)28-15-20(26)23-16(2)13-14-17-9-5-4-6-10-17/h4-12,16H,3,13-15H2,1-2H3,(H,23,26)/t16-/m1/s1. The Balaban J connectivity index is 1.58. The molecule has 3 aromatic rings. The van der Waals surface area contributed by atoms with Crippen LogP contribution in [0, 0.1) is 0 Å². The summed E-state index contributed by atoms with van der Waals surface area (Å²) in [6.07, 6.45) is 1.79. The lowest BCUT2D eigenvalue weighted by molar-refractivity contribution is -0.119. The average molecular weight is 396 g/mol. The summed E-state index contributed by atoms with van der Waals surface area (Å²) in [4.78, 5) is 29.4. The predicted octanol–water partition coefficient (Wildman–Crippen LogP) is 3.65. The van der Waals surface area contributed by atoms with Crippen molar-refractivity contribution in [1.82, 2.24) is 14.9 Å². The average Bonchev–Trinajstić information content (AvgIpc) is 2.71. The zero-order chi connectivity index (χ0) is 19.9. The molecule has 1 atom stereocenters. The van der Waals surface area contributed by atoms with Crippen LogP contribution in [0.4, 0.5) is 0 Å². The minimum atomic E-state index is -0.142. The summed E-state index contributed by atoms with van der Waals surface area (Å²) >= 11 is 1.20. The van der Waals surface area contributed by atoms with Crippen molar-refractivity contribution in [2.24, 2.45) is 0 Å². The Bertz CT molecular complexity index is 1000. The molecule has 0 bridgehead atoms. The fourth-order valence-corrected chi connectivity index (χ4v) is 3.88. The molecule has 0 aliphatic heterocycles. The lowest BCUT2D eigenvalue weighted by Gasteiger charge is -2.14. The van der Waals surface area contributed by atoms with E-state index >= 15 is 0 Å². The summed E-state index contributed by atoms with van der Waals surface area (Å²) < 4.78 is 1.70. The molecule has 0 aliphatic carbocycles. The smallest absolute Gasteiger partial charge is 0.283 e. The number of nitrogens with zero attached hydrogens (tertiary/aromatic N) is 2. The SMILES string of the molecule is CCn1c(=O)c(SCC(=O)N[C@H](C)CCc2ccccc2)nc2ccccc21. The van der Waals surface area contributed by atoms with E-state index < -0.39 is 0 Å². The first-order chi connectivity index (χ1) is 13.6. The molecule has 2 aromatic carbocycles. The Morgan fingerprint density at radius 3 is 2.61 bits per heavy atom. The van der Waals surface area contributed by atoms with Crippen molar-refractivity contribution >= 4 is 28.7 Å². The van der Waals surface area contributed by atoms with Gasteiger partial charge in [-0.15, -0.1) is 0 Å². The van der Waals surface area contributed by atoms with Gasteiger partial charge in [0.25, 0.3) is 5.56 Å². The van der Waals surface area contributed by atoms with Gasteiger partial charge in [0, 0.05) is 12.6 Å². The van der Waals surface area contributed by atoms with Crippen LogP contribution >= 0.6 is 11.8 Å². The number of aromatic nitrogens is 2. The summed E-state index contributed by atoms with van der Waals surface area (Å²) in [5, 5.41) is 3.38. The molecule has 5 nitrogen and oxygen atoms in total. The van der Waals surface area contributed by atoms with Crippen LogP contribution in [0.3, 0.4) is 0 Å². The number of carbonyl (C=O) groups excluding carboxylic acids is 1. The van der Waals surface area contributed by atoms with Gasteiger partial charge in [-0.3, -0.25) is 9.59 Å². The molecule has 0 saturated carbocycles. The van der Waals surface area contributed by atoms with E-state index in [-0.39, 0.29) is 23.3 Å². The number of para-hydroxylation sites is 2. The number of carbonyl (C=O) groups is 1. The maximum absolute atomic E-state index is 12.7. The van der Waals surface area contributed by atoms with E-state index in [2.05, 4.69) is 22.4 Å². The van der Waals surface area contributed by atoms with Gasteiger partial charge >= 0.3 is 0 Å². The molecule has 6 heteroatoms. The van der Waals surface area contributed by atoms with Gasteiger partial charge in [-0.2, -0.15) is 0 Å². The van der Waals surface area contributed by atoms with Gasteiger partial charge in [-0.25, -0.2) is 4.98 Å². The van der Waals surface area contributed by atoms with Crippen LogP contribution in [-0.4, -0.2) is 27.3 Å². The number of hydrogen-bond donors (Lipinski definition) is 1. The second kappa shape index (κ2) is 9.55. The van der Waals surface area contributed by atoms with Crippen molar-refractivity contribution in [3.05, 3.63) is 70.5 Å². The fourth-order valence-electron chi connectivity index (χ4n) is 3.13. The molecule has 3 rings (SSSR count). The zero-order valence-electron chi connectivity index (χ0n) is 16.2. The van der Waals surface area contributed by atoms with E-state index in [4.69, 9.17) is 0 Å². The highest BCUT2D eigenvalue weighted by Gasteiger charge is 2.13. The Kier molecular flexibility index (Phi) is 6.87. The first-order valence-electron chi connectivity index (χ1n) is 9.54. The highest BCUT2D eigenvalue weighted by molar-refractivity contribution is 7.99. The molecule has 0 saturated heterocycles. The van der Waals surface area contributed by atoms with Crippen molar-refractivity contribution in [3.63, 3.8) is 0 Å². The molecule has 0 fully saturated rings. The van der Waals surface area contributed by atoms with E-state index in [1.54, 1.807) is 4.57 Å². The molecular formula is C22H25N3O2S. The van der Waals surface area contributed by atoms with Crippen LogP contribution in [0.25, 0.3) is 11.0 Å². The molecule has 146 valence electrons. The molecule has 0 aliphatic rings. The van der Waals surface area contributed by atoms with Gasteiger partial charge < -0.3 is 9.88 Å². The quantitative estimate of drug-likeness (QED) is 0.592. The van der Waals surface area contributed by atoms with E-state index in [9.17, 15) is 9.59 Å². The number of thioether (sulfide) groups is 1. The topological polar surface area (TPSA) is 64.0 Å². The highest BCUT2D eigenvalue weighted by atomic mass is 32.2. The van der Waals surface area contributed by atoms with E-state index in [0.717, 1.165) is 23.9 Å². The third-order valence-corrected chi connectivity index (χ3v) is 5.54. The number of fused-ring (bicyclic) bond motifs is 1. The Morgan fingerprint density at radius 2 is 1.86 bits per heavy atom. The molecule has 0 radical (unpaired) electrons. The fraction of sp³-hybridized carbons (Fsp3) is 0.318. The normalized spacial score (nSPS) is 12.1. The van der Waals surface area contributed by atoms with Crippen LogP contribution in [0.2, 0.25) is 0 Å². The van der Waals surface area contributed by atoms with E-state index in [0.29, 0.717) is 11.6 Å². The van der Waals surface area contributed by atoms with Crippen LogP contribution in [-0.2, 0) is 17.8 Å². The van der Waals surface area contributed by atoms with Gasteiger partial charge in [0.05, 0.1) is 16.8 Å². The zero-order valence-corrected chi connectivity index (χ0v) is 17.0. The lowest BCUT2D eigenvalue weighted by atomic mass is 10.1. The minimum Gasteiger partial charge on any atom is -0.353 e. The molecule has 1 heterocycles. The predicted molar refractivity (Wildman–Crippen MR) is 115 cm³/mol. The van der Waals surface area contributed by atoms with Crippen molar-refractivity contribution in [2.45, 2.75) is 44.3 Å². The van der Waals surface area contributed by atoms with Crippen molar-refractivity contribution in [3.8, 4) is 0 Å². The lowest BCUT2D eigenvalue weighted by Crippen LogP contribution is -2.34. The molecule has 1 amide bonds. The van der Waals surface area contributed by atoms with Crippen LogP contribution < -0.4 is 10.9 Å². The summed E-state index contributed by atoms with van der Waals surface area (Å²) in [6.45, 7) is 4.51. The van der Waals surface area contributed by atoms with Gasteiger partial charge in [0.1, 0.15) is 0 Å². The third-order valence-electron chi connectivity index (χ3n) is 4.60. The van der Waals surface area contributed by atoms with Crippen LogP contribution in [0.1, 0.15) is 25.8 Å². The molecule has 0 unspecified atom stereocenters. The number of amides is 1. The second-order valence-corrected chi connectivity index (χ2v) is 7.70. The van der Waals surface area contributed by atoms with E-state index in [1.807, 2.05) is 56.3 Å². The number of hydrogen-bond acceptors (Lipinski definition) is 4. The van der Waals surface area contributed by atoms with E-state index in [1.165, 1.54) is 17.3 Å². The maximum atomic E-state index is 12.7. The number of aryl methyl sites for hydroxylation is 2. The third kappa shape index (κ3) is 5.01. The van der Waals surface area contributed by atoms with Gasteiger partial charge in [-0.05, 0) is 44.4 Å². The van der Waals surface area contributed by atoms with Crippen LogP contribution in [0.15, 0.2) is 64.4 Å². The Labute approximate surface area is 169 Å². The van der Waals surface area contributed by atoms with Gasteiger partial charge in [0.15, 0.2) is 5.03 Å². The maximum Gasteiger partial charge on any atom is 0.283 e. The Hall–Kier alpha value is -2.60. The molecule has 0 spiro atoms. The molecule has 1 aromatic heterocycles. The van der Waals surface area contributed by atoms with Crippen molar-refractivity contribution < 1.29 is 4.79 Å². The van der Waals surface area contributed by atoms with Crippen molar-refractivity contribution in [2.75, 3.05) is 5.75 Å². The number of benzene rings is 2.